The lowest BCUT2D eigenvalue weighted by atomic mass is 10.4. The van der Waals surface area contributed by atoms with Crippen molar-refractivity contribution in [3.05, 3.63) is 10.6 Å². The quantitative estimate of drug-likeness (QED) is 0.864. The topological polar surface area (TPSA) is 59.3 Å². The number of carbonyl (C=O) groups excluding carboxylic acids is 1. The first-order valence-electron chi connectivity index (χ1n) is 5.29. The van der Waals surface area contributed by atoms with Crippen LogP contribution in [0.25, 0.3) is 4.96 Å². The van der Waals surface area contributed by atoms with E-state index in [4.69, 9.17) is 0 Å². The van der Waals surface area contributed by atoms with Crippen molar-refractivity contribution in [1.82, 2.24) is 14.6 Å². The van der Waals surface area contributed by atoms with Gasteiger partial charge in [-0.3, -0.25) is 10.1 Å². The van der Waals surface area contributed by atoms with Gasteiger partial charge in [-0.25, -0.2) is 4.52 Å². The first-order chi connectivity index (χ1) is 7.65. The molecule has 1 N–H and O–H groups in total. The van der Waals surface area contributed by atoms with Gasteiger partial charge in [-0.1, -0.05) is 11.3 Å². The van der Waals surface area contributed by atoms with E-state index in [0.29, 0.717) is 5.95 Å². The predicted octanol–water partition coefficient (Wildman–Crippen LogP) is 1.76. The average Bonchev–Trinajstić information content (AvgIpc) is 2.97. The van der Waals surface area contributed by atoms with Gasteiger partial charge in [-0.05, 0) is 26.7 Å². The number of aromatic nitrogens is 3. The van der Waals surface area contributed by atoms with E-state index in [-0.39, 0.29) is 11.8 Å². The van der Waals surface area contributed by atoms with Crippen LogP contribution in [0.4, 0.5) is 5.95 Å². The summed E-state index contributed by atoms with van der Waals surface area (Å²) in [6.45, 7) is 4.04. The summed E-state index contributed by atoms with van der Waals surface area (Å²) in [5.41, 5.74) is 1.08. The number of fused-ring (bicyclic) bond motifs is 1. The highest BCUT2D eigenvalue weighted by Crippen LogP contribution is 2.30. The molecule has 0 bridgehead atoms. The molecule has 2 heterocycles. The highest BCUT2D eigenvalue weighted by Gasteiger charge is 2.30. The summed E-state index contributed by atoms with van der Waals surface area (Å²) in [5.74, 6) is 0.656. The van der Waals surface area contributed by atoms with Gasteiger partial charge in [-0.15, -0.1) is 5.10 Å². The van der Waals surface area contributed by atoms with Crippen molar-refractivity contribution in [1.29, 1.82) is 0 Å². The summed E-state index contributed by atoms with van der Waals surface area (Å²) < 4.78 is 1.78. The number of hydrogen-bond donors (Lipinski definition) is 1. The van der Waals surface area contributed by atoms with Crippen LogP contribution in [0.15, 0.2) is 0 Å². The molecule has 0 radical (unpaired) electrons. The lowest BCUT2D eigenvalue weighted by molar-refractivity contribution is -0.117. The second-order valence-corrected chi connectivity index (χ2v) is 5.32. The van der Waals surface area contributed by atoms with Gasteiger partial charge in [-0.2, -0.15) is 4.98 Å². The fourth-order valence-corrected chi connectivity index (χ4v) is 2.46. The van der Waals surface area contributed by atoms with Gasteiger partial charge in [0, 0.05) is 10.8 Å². The van der Waals surface area contributed by atoms with Crippen LogP contribution in [-0.2, 0) is 4.79 Å². The molecule has 0 aromatic carbocycles. The third-order valence-corrected chi connectivity index (χ3v) is 3.88. The molecule has 16 heavy (non-hydrogen) atoms. The Labute approximate surface area is 96.5 Å². The molecule has 0 saturated heterocycles. The molecular formula is C10H12N4OS. The Bertz CT molecular complexity index is 567. The van der Waals surface area contributed by atoms with Crippen LogP contribution in [0, 0.1) is 19.8 Å². The van der Waals surface area contributed by atoms with Gasteiger partial charge in [0.1, 0.15) is 0 Å². The molecule has 6 heteroatoms. The lowest BCUT2D eigenvalue weighted by Gasteiger charge is -1.96. The molecule has 0 unspecified atom stereocenters. The minimum atomic E-state index is 0.0487. The molecular weight excluding hydrogens is 224 g/mol. The molecule has 5 nitrogen and oxygen atoms in total. The molecule has 0 spiro atoms. The van der Waals surface area contributed by atoms with Crippen LogP contribution in [-0.4, -0.2) is 20.5 Å². The van der Waals surface area contributed by atoms with Crippen LogP contribution in [0.5, 0.6) is 0 Å². The molecule has 0 atom stereocenters. The van der Waals surface area contributed by atoms with Crippen molar-refractivity contribution >= 4 is 28.2 Å². The average molecular weight is 236 g/mol. The van der Waals surface area contributed by atoms with Gasteiger partial charge in [0.25, 0.3) is 0 Å². The zero-order valence-corrected chi connectivity index (χ0v) is 9.97. The molecule has 1 aliphatic carbocycles. The largest absolute Gasteiger partial charge is 0.293 e. The van der Waals surface area contributed by atoms with E-state index >= 15 is 0 Å². The second-order valence-electron chi connectivity index (χ2n) is 4.14. The third kappa shape index (κ3) is 1.49. The molecule has 84 valence electrons. The Balaban J connectivity index is 1.90. The summed E-state index contributed by atoms with van der Waals surface area (Å²) in [5, 5.41) is 7.02. The normalized spacial score (nSPS) is 15.6. The number of anilines is 1. The standard InChI is InChI=1S/C10H12N4OS/c1-5-6(2)16-10-12-9(13-14(5)10)11-8(15)7-3-4-7/h7H,3-4H2,1-2H3,(H,11,13,15). The molecule has 1 saturated carbocycles. The second kappa shape index (κ2) is 3.28. The van der Waals surface area contributed by atoms with Crippen LogP contribution in [0.1, 0.15) is 23.4 Å². The van der Waals surface area contributed by atoms with Crippen LogP contribution in [0.2, 0.25) is 0 Å². The van der Waals surface area contributed by atoms with Gasteiger partial charge in [0.15, 0.2) is 0 Å². The maximum absolute atomic E-state index is 11.5. The molecule has 2 aromatic rings. The molecule has 2 aromatic heterocycles. The molecule has 0 aliphatic heterocycles. The number of aryl methyl sites for hydroxylation is 2. The zero-order chi connectivity index (χ0) is 11.3. The van der Waals surface area contributed by atoms with Crippen molar-refractivity contribution in [2.45, 2.75) is 26.7 Å². The number of nitrogens with zero attached hydrogens (tertiary/aromatic N) is 3. The van der Waals surface area contributed by atoms with Crippen molar-refractivity contribution in [3.63, 3.8) is 0 Å². The Hall–Kier alpha value is -1.43. The summed E-state index contributed by atoms with van der Waals surface area (Å²) >= 11 is 1.59. The maximum Gasteiger partial charge on any atom is 0.250 e. The van der Waals surface area contributed by atoms with E-state index in [1.54, 1.807) is 15.9 Å². The van der Waals surface area contributed by atoms with Gasteiger partial charge < -0.3 is 0 Å². The fourth-order valence-electron chi connectivity index (χ4n) is 1.55. The van der Waals surface area contributed by atoms with Crippen LogP contribution < -0.4 is 5.32 Å². The SMILES string of the molecule is Cc1sc2nc(NC(=O)C3CC3)nn2c1C. The van der Waals surface area contributed by atoms with E-state index in [1.807, 2.05) is 13.8 Å². The number of carbonyl (C=O) groups is 1. The van der Waals surface area contributed by atoms with Gasteiger partial charge in [0.2, 0.25) is 16.8 Å². The smallest absolute Gasteiger partial charge is 0.250 e. The van der Waals surface area contributed by atoms with E-state index < -0.39 is 0 Å². The minimum Gasteiger partial charge on any atom is -0.293 e. The number of thiazole rings is 1. The summed E-state index contributed by atoms with van der Waals surface area (Å²) in [4.78, 5) is 17.8. The predicted molar refractivity (Wildman–Crippen MR) is 61.7 cm³/mol. The fraction of sp³-hybridized carbons (Fsp3) is 0.500. The number of hydrogen-bond acceptors (Lipinski definition) is 4. The van der Waals surface area contributed by atoms with E-state index in [2.05, 4.69) is 15.4 Å². The van der Waals surface area contributed by atoms with Gasteiger partial charge in [0.05, 0.1) is 5.69 Å². The van der Waals surface area contributed by atoms with Crippen molar-refractivity contribution in [2.75, 3.05) is 5.32 Å². The van der Waals surface area contributed by atoms with Gasteiger partial charge >= 0.3 is 0 Å². The van der Waals surface area contributed by atoms with Crippen LogP contribution >= 0.6 is 11.3 Å². The summed E-state index contributed by atoms with van der Waals surface area (Å²) in [7, 11) is 0. The highest BCUT2D eigenvalue weighted by molar-refractivity contribution is 7.17. The van der Waals surface area contributed by atoms with Crippen molar-refractivity contribution in [2.24, 2.45) is 5.92 Å². The first-order valence-corrected chi connectivity index (χ1v) is 6.10. The Morgan fingerprint density at radius 2 is 2.25 bits per heavy atom. The van der Waals surface area contributed by atoms with Crippen molar-refractivity contribution in [3.8, 4) is 0 Å². The molecule has 1 amide bonds. The summed E-state index contributed by atoms with van der Waals surface area (Å²) in [6.07, 6.45) is 1.98. The number of rotatable bonds is 2. The minimum absolute atomic E-state index is 0.0487. The Kier molecular flexibility index (Phi) is 2.00. The monoisotopic (exact) mass is 236 g/mol. The lowest BCUT2D eigenvalue weighted by Crippen LogP contribution is -2.14. The third-order valence-electron chi connectivity index (χ3n) is 2.83. The molecule has 1 aliphatic rings. The summed E-state index contributed by atoms with van der Waals surface area (Å²) in [6, 6.07) is 0. The Morgan fingerprint density at radius 1 is 1.50 bits per heavy atom. The number of amides is 1. The zero-order valence-electron chi connectivity index (χ0n) is 9.15. The maximum atomic E-state index is 11.5. The van der Waals surface area contributed by atoms with E-state index in [1.165, 1.54) is 4.88 Å². The van der Waals surface area contributed by atoms with Crippen molar-refractivity contribution < 1.29 is 4.79 Å². The number of nitrogens with one attached hydrogen (secondary N) is 1. The highest BCUT2D eigenvalue weighted by atomic mass is 32.1. The van der Waals surface area contributed by atoms with Crippen LogP contribution in [0.3, 0.4) is 0 Å². The Morgan fingerprint density at radius 3 is 2.88 bits per heavy atom. The van der Waals surface area contributed by atoms with E-state index in [0.717, 1.165) is 23.5 Å². The molecule has 1 fully saturated rings. The first kappa shape index (κ1) is 9.77. The van der Waals surface area contributed by atoms with E-state index in [9.17, 15) is 4.79 Å². The molecule has 3 rings (SSSR count).